The fourth-order valence-electron chi connectivity index (χ4n) is 2.49. The molecule has 108 valence electrons. The Balaban J connectivity index is 2.02. The Hall–Kier alpha value is -1.18. The summed E-state index contributed by atoms with van der Waals surface area (Å²) in [6, 6.07) is 0.0479. The van der Waals surface area contributed by atoms with Gasteiger partial charge in [0.15, 0.2) is 6.10 Å². The molecule has 7 nitrogen and oxygen atoms in total. The normalized spacial score (nSPS) is 24.9. The number of nitrogens with zero attached hydrogens (tertiary/aromatic N) is 1. The van der Waals surface area contributed by atoms with Crippen LogP contribution in [0.1, 0.15) is 12.8 Å². The van der Waals surface area contributed by atoms with Gasteiger partial charge in [0.05, 0.1) is 26.4 Å². The Morgan fingerprint density at radius 3 is 2.58 bits per heavy atom. The van der Waals surface area contributed by atoms with Crippen LogP contribution < -0.4 is 11.1 Å². The van der Waals surface area contributed by atoms with Crippen LogP contribution in [0.25, 0.3) is 0 Å². The maximum absolute atomic E-state index is 12.4. The van der Waals surface area contributed by atoms with Gasteiger partial charge >= 0.3 is 0 Å². The van der Waals surface area contributed by atoms with Crippen LogP contribution in [0.3, 0.4) is 0 Å². The summed E-state index contributed by atoms with van der Waals surface area (Å²) in [5, 5.41) is 3.23. The molecule has 0 aliphatic carbocycles. The summed E-state index contributed by atoms with van der Waals surface area (Å²) in [4.78, 5) is 25.2. The number of hydrogen-bond donors (Lipinski definition) is 2. The summed E-state index contributed by atoms with van der Waals surface area (Å²) in [7, 11) is 0. The van der Waals surface area contributed by atoms with Crippen LogP contribution in [0.2, 0.25) is 0 Å². The van der Waals surface area contributed by atoms with Crippen LogP contribution in [-0.2, 0) is 19.1 Å². The first kappa shape index (κ1) is 14.2. The van der Waals surface area contributed by atoms with Gasteiger partial charge in [-0.2, -0.15) is 0 Å². The smallest absolute Gasteiger partial charge is 0.254 e. The molecule has 2 saturated heterocycles. The molecule has 2 aliphatic rings. The van der Waals surface area contributed by atoms with Crippen molar-refractivity contribution in [3.05, 3.63) is 0 Å². The number of rotatable bonds is 4. The fourth-order valence-corrected chi connectivity index (χ4v) is 2.49. The monoisotopic (exact) mass is 271 g/mol. The zero-order valence-corrected chi connectivity index (χ0v) is 11.0. The third kappa shape index (κ3) is 3.89. The largest absolute Gasteiger partial charge is 0.376 e. The number of hydrogen-bond acceptors (Lipinski definition) is 5. The van der Waals surface area contributed by atoms with Crippen LogP contribution in [0, 0.1) is 0 Å². The van der Waals surface area contributed by atoms with Crippen molar-refractivity contribution in [1.29, 1.82) is 0 Å². The van der Waals surface area contributed by atoms with Gasteiger partial charge in [0.25, 0.3) is 5.91 Å². The summed E-state index contributed by atoms with van der Waals surface area (Å²) in [6.45, 7) is 2.80. The van der Waals surface area contributed by atoms with Crippen LogP contribution in [0.4, 0.5) is 0 Å². The molecule has 0 bridgehead atoms. The number of ether oxygens (including phenoxy) is 2. The van der Waals surface area contributed by atoms with E-state index in [-0.39, 0.29) is 25.1 Å². The Bertz CT molecular complexity index is 325. The van der Waals surface area contributed by atoms with Gasteiger partial charge < -0.3 is 25.4 Å². The van der Waals surface area contributed by atoms with Crippen LogP contribution in [0.15, 0.2) is 0 Å². The third-order valence-corrected chi connectivity index (χ3v) is 3.45. The van der Waals surface area contributed by atoms with E-state index in [2.05, 4.69) is 5.32 Å². The highest BCUT2D eigenvalue weighted by Gasteiger charge is 2.33. The number of amides is 2. The van der Waals surface area contributed by atoms with Crippen molar-refractivity contribution < 1.29 is 19.1 Å². The molecule has 2 aliphatic heterocycles. The van der Waals surface area contributed by atoms with Gasteiger partial charge in [0.1, 0.15) is 0 Å². The fraction of sp³-hybridized carbons (Fsp3) is 0.833. The van der Waals surface area contributed by atoms with Crippen molar-refractivity contribution in [3.8, 4) is 0 Å². The summed E-state index contributed by atoms with van der Waals surface area (Å²) < 4.78 is 10.7. The van der Waals surface area contributed by atoms with E-state index in [9.17, 15) is 9.59 Å². The second-order valence-corrected chi connectivity index (χ2v) is 4.85. The van der Waals surface area contributed by atoms with E-state index in [0.717, 1.165) is 25.9 Å². The highest BCUT2D eigenvalue weighted by atomic mass is 16.6. The Morgan fingerprint density at radius 1 is 1.26 bits per heavy atom. The first-order chi connectivity index (χ1) is 9.18. The summed E-state index contributed by atoms with van der Waals surface area (Å²) in [6.07, 6.45) is 1.04. The molecular weight excluding hydrogens is 250 g/mol. The predicted molar refractivity (Wildman–Crippen MR) is 67.4 cm³/mol. The maximum atomic E-state index is 12.4. The predicted octanol–water partition coefficient (Wildman–Crippen LogP) is -1.53. The molecule has 2 heterocycles. The zero-order valence-electron chi connectivity index (χ0n) is 11.0. The Morgan fingerprint density at radius 2 is 2.00 bits per heavy atom. The molecule has 0 aromatic rings. The molecule has 3 N–H and O–H groups in total. The Labute approximate surface area is 112 Å². The van der Waals surface area contributed by atoms with Gasteiger partial charge in [-0.15, -0.1) is 0 Å². The molecule has 19 heavy (non-hydrogen) atoms. The van der Waals surface area contributed by atoms with E-state index >= 15 is 0 Å². The van der Waals surface area contributed by atoms with Crippen molar-refractivity contribution in [1.82, 2.24) is 10.2 Å². The van der Waals surface area contributed by atoms with Crippen LogP contribution in [0.5, 0.6) is 0 Å². The quantitative estimate of drug-likeness (QED) is 0.647. The summed E-state index contributed by atoms with van der Waals surface area (Å²) in [5.41, 5.74) is 5.25. The SMILES string of the molecule is NC(=O)CN(C(=O)C1COCCO1)C1CCNCC1. The average molecular weight is 271 g/mol. The van der Waals surface area contributed by atoms with Gasteiger partial charge in [-0.25, -0.2) is 0 Å². The summed E-state index contributed by atoms with van der Waals surface area (Å²) in [5.74, 6) is -0.686. The topological polar surface area (TPSA) is 93.9 Å². The van der Waals surface area contributed by atoms with Gasteiger partial charge in [-0.3, -0.25) is 9.59 Å². The maximum Gasteiger partial charge on any atom is 0.254 e. The lowest BCUT2D eigenvalue weighted by Gasteiger charge is -2.36. The minimum absolute atomic E-state index is 0.0479. The van der Waals surface area contributed by atoms with Gasteiger partial charge in [0, 0.05) is 6.04 Å². The highest BCUT2D eigenvalue weighted by Crippen LogP contribution is 2.15. The summed E-state index contributed by atoms with van der Waals surface area (Å²) >= 11 is 0. The molecule has 0 radical (unpaired) electrons. The van der Waals surface area contributed by atoms with Crippen molar-refractivity contribution in [2.75, 3.05) is 39.5 Å². The molecular formula is C12H21N3O4. The van der Waals surface area contributed by atoms with Gasteiger partial charge in [0.2, 0.25) is 5.91 Å². The number of primary amides is 1. The van der Waals surface area contributed by atoms with Crippen LogP contribution in [-0.4, -0.2) is 68.3 Å². The van der Waals surface area contributed by atoms with Crippen molar-refractivity contribution >= 4 is 11.8 Å². The van der Waals surface area contributed by atoms with E-state index in [4.69, 9.17) is 15.2 Å². The van der Waals surface area contributed by atoms with Crippen molar-refractivity contribution in [2.45, 2.75) is 25.0 Å². The standard InChI is InChI=1S/C12H21N3O4/c13-11(16)7-15(9-1-3-14-4-2-9)12(17)10-8-18-5-6-19-10/h9-10,14H,1-8H2,(H2,13,16). The minimum atomic E-state index is -0.608. The van der Waals surface area contributed by atoms with E-state index in [1.54, 1.807) is 4.90 Å². The molecule has 0 aromatic heterocycles. The first-order valence-corrected chi connectivity index (χ1v) is 6.67. The molecule has 2 amide bonds. The lowest BCUT2D eigenvalue weighted by Crippen LogP contribution is -2.54. The Kier molecular flexibility index (Phi) is 5.12. The van der Waals surface area contributed by atoms with Gasteiger partial charge in [-0.05, 0) is 25.9 Å². The molecule has 0 spiro atoms. The number of piperidine rings is 1. The second kappa shape index (κ2) is 6.83. The number of nitrogens with one attached hydrogen (secondary N) is 1. The lowest BCUT2D eigenvalue weighted by atomic mass is 10.0. The van der Waals surface area contributed by atoms with E-state index < -0.39 is 12.0 Å². The van der Waals surface area contributed by atoms with Crippen LogP contribution >= 0.6 is 0 Å². The number of carbonyl (C=O) groups excluding carboxylic acids is 2. The average Bonchev–Trinajstić information content (AvgIpc) is 2.46. The second-order valence-electron chi connectivity index (χ2n) is 4.85. The third-order valence-electron chi connectivity index (χ3n) is 3.45. The first-order valence-electron chi connectivity index (χ1n) is 6.67. The van der Waals surface area contributed by atoms with Gasteiger partial charge in [-0.1, -0.05) is 0 Å². The minimum Gasteiger partial charge on any atom is -0.376 e. The van der Waals surface area contributed by atoms with Crippen molar-refractivity contribution in [3.63, 3.8) is 0 Å². The van der Waals surface area contributed by atoms with E-state index in [1.165, 1.54) is 0 Å². The van der Waals surface area contributed by atoms with Crippen molar-refractivity contribution in [2.24, 2.45) is 5.73 Å². The highest BCUT2D eigenvalue weighted by molar-refractivity contribution is 5.86. The molecule has 2 fully saturated rings. The van der Waals surface area contributed by atoms with E-state index in [0.29, 0.717) is 13.2 Å². The molecule has 1 unspecified atom stereocenters. The molecule has 1 atom stereocenters. The number of carbonyl (C=O) groups is 2. The molecule has 0 aromatic carbocycles. The molecule has 0 saturated carbocycles. The number of nitrogens with two attached hydrogens (primary N) is 1. The molecule has 2 rings (SSSR count). The zero-order chi connectivity index (χ0) is 13.7. The lowest BCUT2D eigenvalue weighted by molar-refractivity contribution is -0.161. The van der Waals surface area contributed by atoms with E-state index in [1.807, 2.05) is 0 Å². The molecule has 7 heteroatoms.